The van der Waals surface area contributed by atoms with Crippen LogP contribution in [0, 0.1) is 5.92 Å². The summed E-state index contributed by atoms with van der Waals surface area (Å²) in [5, 5.41) is 0. The zero-order chi connectivity index (χ0) is 9.14. The van der Waals surface area contributed by atoms with Crippen molar-refractivity contribution in [3.63, 3.8) is 0 Å². The fourth-order valence-corrected chi connectivity index (χ4v) is 1.52. The first kappa shape index (κ1) is 10.1. The molecular formula is C9H17BO2. The van der Waals surface area contributed by atoms with Crippen LogP contribution in [0.1, 0.15) is 27.2 Å². The van der Waals surface area contributed by atoms with E-state index in [2.05, 4.69) is 13.8 Å². The molecule has 4 atom stereocenters. The summed E-state index contributed by atoms with van der Waals surface area (Å²) < 4.78 is 11.0. The molecule has 0 saturated carbocycles. The van der Waals surface area contributed by atoms with Gasteiger partial charge in [-0.3, -0.25) is 0 Å². The van der Waals surface area contributed by atoms with Gasteiger partial charge < -0.3 is 9.47 Å². The molecule has 0 amide bonds. The summed E-state index contributed by atoms with van der Waals surface area (Å²) in [6, 6.07) is -0.235. The molecule has 2 nitrogen and oxygen atoms in total. The Morgan fingerprint density at radius 3 is 2.50 bits per heavy atom. The van der Waals surface area contributed by atoms with Crippen molar-refractivity contribution in [2.75, 3.05) is 6.61 Å². The maximum Gasteiger partial charge on any atom is 0.112 e. The third-order valence-electron chi connectivity index (χ3n) is 2.47. The Morgan fingerprint density at radius 2 is 2.08 bits per heavy atom. The van der Waals surface area contributed by atoms with Gasteiger partial charge in [-0.15, -0.1) is 0 Å². The van der Waals surface area contributed by atoms with Gasteiger partial charge in [0.25, 0.3) is 0 Å². The molecule has 12 heavy (non-hydrogen) atoms. The van der Waals surface area contributed by atoms with Crippen molar-refractivity contribution in [2.24, 2.45) is 5.92 Å². The Balaban J connectivity index is 2.40. The van der Waals surface area contributed by atoms with Crippen LogP contribution in [0.15, 0.2) is 0 Å². The summed E-state index contributed by atoms with van der Waals surface area (Å²) in [6.07, 6.45) is 1.34. The van der Waals surface area contributed by atoms with E-state index in [-0.39, 0.29) is 18.2 Å². The molecule has 1 aliphatic heterocycles. The summed E-state index contributed by atoms with van der Waals surface area (Å²) in [6.45, 7) is 7.03. The summed E-state index contributed by atoms with van der Waals surface area (Å²) in [4.78, 5) is 0. The number of ether oxygens (including phenoxy) is 2. The van der Waals surface area contributed by atoms with Crippen LogP contribution < -0.4 is 0 Å². The molecule has 0 aromatic heterocycles. The quantitative estimate of drug-likeness (QED) is 0.592. The van der Waals surface area contributed by atoms with Gasteiger partial charge in [0.1, 0.15) is 7.85 Å². The monoisotopic (exact) mass is 168 g/mol. The molecule has 1 saturated heterocycles. The van der Waals surface area contributed by atoms with E-state index in [1.54, 1.807) is 0 Å². The molecule has 1 rings (SSSR count). The van der Waals surface area contributed by atoms with Crippen molar-refractivity contribution >= 4 is 7.85 Å². The second kappa shape index (κ2) is 4.29. The smallest absolute Gasteiger partial charge is 0.112 e. The third kappa shape index (κ3) is 2.02. The lowest BCUT2D eigenvalue weighted by Gasteiger charge is -2.18. The van der Waals surface area contributed by atoms with Crippen LogP contribution in [0.2, 0.25) is 0 Å². The Kier molecular flexibility index (Phi) is 3.60. The highest BCUT2D eigenvalue weighted by molar-refractivity contribution is 6.11. The molecule has 0 spiro atoms. The van der Waals surface area contributed by atoms with E-state index >= 15 is 0 Å². The van der Waals surface area contributed by atoms with Crippen LogP contribution in [-0.4, -0.2) is 32.7 Å². The molecule has 0 bridgehead atoms. The predicted octanol–water partition coefficient (Wildman–Crippen LogP) is 1.33. The van der Waals surface area contributed by atoms with E-state index in [9.17, 15) is 0 Å². The van der Waals surface area contributed by atoms with Gasteiger partial charge in [-0.1, -0.05) is 13.8 Å². The molecule has 1 aliphatic rings. The lowest BCUT2D eigenvalue weighted by Crippen LogP contribution is -2.29. The van der Waals surface area contributed by atoms with Crippen LogP contribution in [0.4, 0.5) is 0 Å². The SMILES string of the molecule is [B][C@@H]1O[C@H](C)C(C)[C@H]1OCCC. The molecule has 1 heterocycles. The Hall–Kier alpha value is -0.0151. The molecule has 1 unspecified atom stereocenters. The predicted molar refractivity (Wildman–Crippen MR) is 49.3 cm³/mol. The molecule has 0 aliphatic carbocycles. The van der Waals surface area contributed by atoms with E-state index in [0.29, 0.717) is 5.92 Å². The average Bonchev–Trinajstić information content (AvgIpc) is 2.25. The normalized spacial score (nSPS) is 41.9. The lowest BCUT2D eigenvalue weighted by atomic mass is 9.89. The van der Waals surface area contributed by atoms with E-state index in [1.807, 2.05) is 6.92 Å². The number of hydrogen-bond acceptors (Lipinski definition) is 2. The zero-order valence-corrected chi connectivity index (χ0v) is 8.12. The molecule has 68 valence electrons. The maximum absolute atomic E-state index is 5.75. The van der Waals surface area contributed by atoms with E-state index < -0.39 is 0 Å². The van der Waals surface area contributed by atoms with Gasteiger partial charge >= 0.3 is 0 Å². The number of hydrogen-bond donors (Lipinski definition) is 0. The van der Waals surface area contributed by atoms with Gasteiger partial charge in [0.2, 0.25) is 0 Å². The fraction of sp³-hybridized carbons (Fsp3) is 1.00. The molecule has 0 N–H and O–H groups in total. The molecule has 2 radical (unpaired) electrons. The first-order valence-corrected chi connectivity index (χ1v) is 4.69. The van der Waals surface area contributed by atoms with Crippen LogP contribution in [0.25, 0.3) is 0 Å². The highest BCUT2D eigenvalue weighted by atomic mass is 16.6. The third-order valence-corrected chi connectivity index (χ3v) is 2.47. The summed E-state index contributed by atoms with van der Waals surface area (Å²) >= 11 is 0. The van der Waals surface area contributed by atoms with Crippen LogP contribution >= 0.6 is 0 Å². The van der Waals surface area contributed by atoms with E-state index in [4.69, 9.17) is 17.3 Å². The van der Waals surface area contributed by atoms with Crippen molar-refractivity contribution in [3.05, 3.63) is 0 Å². The Labute approximate surface area is 76.0 Å². The van der Waals surface area contributed by atoms with Crippen LogP contribution in [0.5, 0.6) is 0 Å². The second-order valence-electron chi connectivity index (χ2n) is 3.50. The standard InChI is InChI=1S/C9H17BO2/c1-4-5-11-8-6(2)7(3)12-9(8)10/h6-9H,4-5H2,1-3H3/t6?,7-,8-,9-/m1/s1. The minimum absolute atomic E-state index is 0.0833. The average molecular weight is 168 g/mol. The van der Waals surface area contributed by atoms with Crippen molar-refractivity contribution in [2.45, 2.75) is 45.4 Å². The van der Waals surface area contributed by atoms with Gasteiger partial charge in [-0.25, -0.2) is 0 Å². The first-order valence-electron chi connectivity index (χ1n) is 4.69. The highest BCUT2D eigenvalue weighted by Gasteiger charge is 2.36. The number of rotatable bonds is 3. The molecule has 3 heteroatoms. The molecule has 0 aromatic carbocycles. The molecule has 1 fully saturated rings. The lowest BCUT2D eigenvalue weighted by molar-refractivity contribution is 0.0127. The van der Waals surface area contributed by atoms with E-state index in [1.165, 1.54) is 0 Å². The van der Waals surface area contributed by atoms with Crippen molar-refractivity contribution in [1.29, 1.82) is 0 Å². The second-order valence-corrected chi connectivity index (χ2v) is 3.50. The van der Waals surface area contributed by atoms with Crippen LogP contribution in [-0.2, 0) is 9.47 Å². The van der Waals surface area contributed by atoms with Crippen molar-refractivity contribution in [3.8, 4) is 0 Å². The molecule has 0 aromatic rings. The van der Waals surface area contributed by atoms with Gasteiger partial charge in [-0.05, 0) is 13.3 Å². The minimum Gasteiger partial charge on any atom is -0.382 e. The maximum atomic E-state index is 5.75. The fourth-order valence-electron chi connectivity index (χ4n) is 1.52. The summed E-state index contributed by atoms with van der Waals surface area (Å²) in [5.74, 6) is 0.409. The van der Waals surface area contributed by atoms with E-state index in [0.717, 1.165) is 13.0 Å². The summed E-state index contributed by atoms with van der Waals surface area (Å²) in [7, 11) is 5.75. The minimum atomic E-state index is -0.235. The van der Waals surface area contributed by atoms with Gasteiger partial charge in [0.05, 0.1) is 12.2 Å². The molecular weight excluding hydrogens is 151 g/mol. The summed E-state index contributed by atoms with van der Waals surface area (Å²) in [5.41, 5.74) is 0. The zero-order valence-electron chi connectivity index (χ0n) is 8.12. The van der Waals surface area contributed by atoms with Crippen molar-refractivity contribution < 1.29 is 9.47 Å². The largest absolute Gasteiger partial charge is 0.382 e. The van der Waals surface area contributed by atoms with Gasteiger partial charge in [0, 0.05) is 18.5 Å². The van der Waals surface area contributed by atoms with Crippen LogP contribution in [0.3, 0.4) is 0 Å². The van der Waals surface area contributed by atoms with Gasteiger partial charge in [-0.2, -0.15) is 0 Å². The van der Waals surface area contributed by atoms with Crippen molar-refractivity contribution in [1.82, 2.24) is 0 Å². The Morgan fingerprint density at radius 1 is 1.42 bits per heavy atom. The first-order chi connectivity index (χ1) is 5.66. The van der Waals surface area contributed by atoms with Gasteiger partial charge in [0.15, 0.2) is 0 Å². The Bertz CT molecular complexity index is 140. The highest BCUT2D eigenvalue weighted by Crippen LogP contribution is 2.27. The topological polar surface area (TPSA) is 18.5 Å².